The molecule has 0 bridgehead atoms. The van der Waals surface area contributed by atoms with Gasteiger partial charge in [0, 0.05) is 12.0 Å². The maximum atomic E-state index is 11.6. The monoisotopic (exact) mass is 296 g/mol. The molecule has 0 amide bonds. The second-order valence-corrected chi connectivity index (χ2v) is 5.50. The number of aryl methyl sites for hydroxylation is 2. The first-order valence-electron chi connectivity index (χ1n) is 5.99. The molecule has 0 fully saturated rings. The molecule has 8 heteroatoms. The van der Waals surface area contributed by atoms with Crippen LogP contribution in [0.4, 0.5) is 0 Å². The molecule has 0 spiro atoms. The van der Waals surface area contributed by atoms with E-state index in [-0.39, 0.29) is 12.3 Å². The van der Waals surface area contributed by atoms with Gasteiger partial charge in [-0.15, -0.1) is 16.4 Å². The van der Waals surface area contributed by atoms with Crippen LogP contribution in [0.25, 0.3) is 0 Å². The fraction of sp³-hybridized carbons (Fsp3) is 0.500. The van der Waals surface area contributed by atoms with Crippen LogP contribution in [0.5, 0.6) is 0 Å². The van der Waals surface area contributed by atoms with Crippen LogP contribution >= 0.6 is 11.3 Å². The number of esters is 1. The molecule has 20 heavy (non-hydrogen) atoms. The smallest absolute Gasteiger partial charge is 0.360 e. The van der Waals surface area contributed by atoms with E-state index < -0.39 is 5.97 Å². The highest BCUT2D eigenvalue weighted by Gasteiger charge is 2.21. The second kappa shape index (κ2) is 6.10. The number of nitrogens with zero attached hydrogens (tertiary/aromatic N) is 4. The number of aromatic nitrogens is 4. The summed E-state index contributed by atoms with van der Waals surface area (Å²) in [6.45, 7) is 4.68. The average molecular weight is 296 g/mol. The third-order valence-corrected chi connectivity index (χ3v) is 3.91. The molecule has 0 aliphatic rings. The predicted octanol–water partition coefficient (Wildman–Crippen LogP) is 1.33. The molecule has 0 saturated carbocycles. The van der Waals surface area contributed by atoms with Crippen LogP contribution < -0.4 is 0 Å². The van der Waals surface area contributed by atoms with Crippen molar-refractivity contribution in [2.75, 3.05) is 14.2 Å². The van der Waals surface area contributed by atoms with Crippen molar-refractivity contribution >= 4 is 17.3 Å². The van der Waals surface area contributed by atoms with E-state index in [1.54, 1.807) is 23.1 Å². The van der Waals surface area contributed by atoms with Gasteiger partial charge in [-0.25, -0.2) is 14.5 Å². The fourth-order valence-corrected chi connectivity index (χ4v) is 2.65. The summed E-state index contributed by atoms with van der Waals surface area (Å²) in [6.07, 6.45) is 0. The number of carbonyl (C=O) groups is 1. The summed E-state index contributed by atoms with van der Waals surface area (Å²) in [6, 6.07) is 0. The molecule has 2 aromatic rings. The second-order valence-electron chi connectivity index (χ2n) is 4.22. The van der Waals surface area contributed by atoms with Crippen molar-refractivity contribution in [3.05, 3.63) is 27.0 Å². The van der Waals surface area contributed by atoms with Gasteiger partial charge in [-0.05, 0) is 13.8 Å². The van der Waals surface area contributed by atoms with E-state index >= 15 is 0 Å². The van der Waals surface area contributed by atoms with Gasteiger partial charge in [0.25, 0.3) is 0 Å². The van der Waals surface area contributed by atoms with Gasteiger partial charge in [0.05, 0.1) is 31.6 Å². The van der Waals surface area contributed by atoms with Gasteiger partial charge < -0.3 is 9.47 Å². The summed E-state index contributed by atoms with van der Waals surface area (Å²) >= 11 is 1.60. The standard InChI is InChI=1S/C12H16N4O3S/c1-7-8(2)20-10(13-7)5-16-9(6-18-3)11(14-15-16)12(17)19-4/h5-6H2,1-4H3. The van der Waals surface area contributed by atoms with Crippen LogP contribution in [0.3, 0.4) is 0 Å². The minimum atomic E-state index is -0.519. The first-order valence-corrected chi connectivity index (χ1v) is 6.81. The number of carbonyl (C=O) groups excluding carboxylic acids is 1. The third-order valence-electron chi connectivity index (χ3n) is 2.86. The van der Waals surface area contributed by atoms with E-state index in [1.807, 2.05) is 13.8 Å². The molecule has 7 nitrogen and oxygen atoms in total. The highest BCUT2D eigenvalue weighted by Crippen LogP contribution is 2.18. The van der Waals surface area contributed by atoms with Crippen LogP contribution in [0.15, 0.2) is 0 Å². The summed E-state index contributed by atoms with van der Waals surface area (Å²) in [5.41, 5.74) is 1.77. The van der Waals surface area contributed by atoms with Crippen LogP contribution in [-0.4, -0.2) is 40.2 Å². The molecule has 2 aromatic heterocycles. The van der Waals surface area contributed by atoms with E-state index in [4.69, 9.17) is 4.74 Å². The first-order chi connectivity index (χ1) is 9.56. The molecule has 0 unspecified atom stereocenters. The zero-order valence-electron chi connectivity index (χ0n) is 11.8. The van der Waals surface area contributed by atoms with E-state index in [9.17, 15) is 4.79 Å². The number of thiazole rings is 1. The molecule has 0 radical (unpaired) electrons. The van der Waals surface area contributed by atoms with Gasteiger partial charge in [0.1, 0.15) is 5.01 Å². The van der Waals surface area contributed by atoms with E-state index in [2.05, 4.69) is 20.0 Å². The Bertz CT molecular complexity index is 601. The lowest BCUT2D eigenvalue weighted by atomic mass is 10.3. The number of ether oxygens (including phenoxy) is 2. The van der Waals surface area contributed by atoms with Crippen molar-refractivity contribution in [1.29, 1.82) is 0 Å². The molecule has 0 aliphatic carbocycles. The Morgan fingerprint density at radius 3 is 2.65 bits per heavy atom. The van der Waals surface area contributed by atoms with E-state index in [0.29, 0.717) is 12.2 Å². The molecule has 108 valence electrons. The molecule has 0 atom stereocenters. The SMILES string of the molecule is COCc1c(C(=O)OC)nnn1Cc1nc(C)c(C)s1. The summed E-state index contributed by atoms with van der Waals surface area (Å²) < 4.78 is 11.4. The van der Waals surface area contributed by atoms with Gasteiger partial charge in [-0.2, -0.15) is 0 Å². The van der Waals surface area contributed by atoms with Crippen LogP contribution in [-0.2, 0) is 22.6 Å². The Kier molecular flexibility index (Phi) is 4.46. The lowest BCUT2D eigenvalue weighted by molar-refractivity contribution is 0.0588. The highest BCUT2D eigenvalue weighted by molar-refractivity contribution is 7.11. The largest absolute Gasteiger partial charge is 0.464 e. The Balaban J connectivity index is 2.31. The van der Waals surface area contributed by atoms with Gasteiger partial charge in [0.2, 0.25) is 0 Å². The Labute approximate surface area is 120 Å². The van der Waals surface area contributed by atoms with Crippen molar-refractivity contribution in [1.82, 2.24) is 20.0 Å². The van der Waals surface area contributed by atoms with Crippen molar-refractivity contribution in [2.24, 2.45) is 0 Å². The average Bonchev–Trinajstić information content (AvgIpc) is 2.95. The fourth-order valence-electron chi connectivity index (χ4n) is 1.73. The molecule has 0 saturated heterocycles. The summed E-state index contributed by atoms with van der Waals surface area (Å²) in [5.74, 6) is -0.519. The molecular weight excluding hydrogens is 280 g/mol. The zero-order chi connectivity index (χ0) is 14.7. The maximum absolute atomic E-state index is 11.6. The van der Waals surface area contributed by atoms with Crippen LogP contribution in [0.2, 0.25) is 0 Å². The Morgan fingerprint density at radius 2 is 2.10 bits per heavy atom. The van der Waals surface area contributed by atoms with Gasteiger partial charge in [0.15, 0.2) is 5.69 Å². The first kappa shape index (κ1) is 14.6. The topological polar surface area (TPSA) is 79.1 Å². The number of methoxy groups -OCH3 is 2. The van der Waals surface area contributed by atoms with Crippen molar-refractivity contribution < 1.29 is 14.3 Å². The van der Waals surface area contributed by atoms with E-state index in [0.717, 1.165) is 10.7 Å². The highest BCUT2D eigenvalue weighted by atomic mass is 32.1. The minimum absolute atomic E-state index is 0.180. The van der Waals surface area contributed by atoms with Crippen molar-refractivity contribution in [3.8, 4) is 0 Å². The molecule has 0 aromatic carbocycles. The van der Waals surface area contributed by atoms with Crippen molar-refractivity contribution in [3.63, 3.8) is 0 Å². The molecule has 0 aliphatic heterocycles. The lowest BCUT2D eigenvalue weighted by Gasteiger charge is -2.04. The summed E-state index contributed by atoms with van der Waals surface area (Å²) in [7, 11) is 2.86. The van der Waals surface area contributed by atoms with Gasteiger partial charge >= 0.3 is 5.97 Å². The molecule has 2 heterocycles. The Morgan fingerprint density at radius 1 is 1.35 bits per heavy atom. The number of hydrogen-bond acceptors (Lipinski definition) is 7. The number of rotatable bonds is 5. The minimum Gasteiger partial charge on any atom is -0.464 e. The zero-order valence-corrected chi connectivity index (χ0v) is 12.7. The summed E-state index contributed by atoms with van der Waals surface area (Å²) in [5, 5.41) is 8.77. The van der Waals surface area contributed by atoms with Gasteiger partial charge in [-0.3, -0.25) is 0 Å². The van der Waals surface area contributed by atoms with Crippen LogP contribution in [0, 0.1) is 13.8 Å². The summed E-state index contributed by atoms with van der Waals surface area (Å²) in [4.78, 5) is 17.2. The lowest BCUT2D eigenvalue weighted by Crippen LogP contribution is -2.11. The quantitative estimate of drug-likeness (QED) is 0.775. The molecular formula is C12H16N4O3S. The molecule has 2 rings (SSSR count). The molecule has 0 N–H and O–H groups in total. The van der Waals surface area contributed by atoms with Crippen molar-refractivity contribution in [2.45, 2.75) is 27.0 Å². The van der Waals surface area contributed by atoms with E-state index in [1.165, 1.54) is 12.0 Å². The Hall–Kier alpha value is -1.80. The maximum Gasteiger partial charge on any atom is 0.360 e. The number of hydrogen-bond donors (Lipinski definition) is 0. The third kappa shape index (κ3) is 2.86. The van der Waals surface area contributed by atoms with Gasteiger partial charge in [-0.1, -0.05) is 5.21 Å². The normalized spacial score (nSPS) is 10.8. The van der Waals surface area contributed by atoms with Crippen LogP contribution in [0.1, 0.15) is 31.8 Å². The predicted molar refractivity (Wildman–Crippen MR) is 72.8 cm³/mol.